The Bertz CT molecular complexity index is 572. The second-order valence-corrected chi connectivity index (χ2v) is 5.32. The van der Waals surface area contributed by atoms with E-state index in [2.05, 4.69) is 54.7 Å². The first-order chi connectivity index (χ1) is 9.38. The molecule has 2 aromatic rings. The van der Waals surface area contributed by atoms with Crippen LogP contribution in [0.3, 0.4) is 0 Å². The minimum atomic E-state index is 1.10. The van der Waals surface area contributed by atoms with Crippen molar-refractivity contribution < 1.29 is 0 Å². The van der Waals surface area contributed by atoms with Gasteiger partial charge in [-0.1, -0.05) is 55.8 Å². The predicted octanol–water partition coefficient (Wildman–Crippen LogP) is 4.66. The number of benzene rings is 2. The summed E-state index contributed by atoms with van der Waals surface area (Å²) in [7, 11) is 0. The van der Waals surface area contributed by atoms with E-state index in [1.165, 1.54) is 47.2 Å². The lowest BCUT2D eigenvalue weighted by atomic mass is 9.94. The van der Waals surface area contributed by atoms with Gasteiger partial charge in [-0.3, -0.25) is 0 Å². The van der Waals surface area contributed by atoms with E-state index >= 15 is 0 Å². The Kier molecular flexibility index (Phi) is 3.54. The molecular formula is C18H21N. The Hall–Kier alpha value is -1.76. The monoisotopic (exact) mass is 251 g/mol. The van der Waals surface area contributed by atoms with Crippen LogP contribution >= 0.6 is 0 Å². The molecule has 19 heavy (non-hydrogen) atoms. The molecule has 0 fully saturated rings. The zero-order valence-corrected chi connectivity index (χ0v) is 11.6. The molecule has 3 rings (SSSR count). The van der Waals surface area contributed by atoms with E-state index in [1.807, 2.05) is 0 Å². The predicted molar refractivity (Wildman–Crippen MR) is 82.7 cm³/mol. The van der Waals surface area contributed by atoms with Gasteiger partial charge in [0.2, 0.25) is 0 Å². The van der Waals surface area contributed by atoms with Crippen LogP contribution in [-0.2, 0) is 12.8 Å². The Labute approximate surface area is 115 Å². The summed E-state index contributed by atoms with van der Waals surface area (Å²) in [6, 6.07) is 15.7. The minimum Gasteiger partial charge on any atom is -0.384 e. The molecule has 2 aromatic carbocycles. The van der Waals surface area contributed by atoms with Gasteiger partial charge in [0, 0.05) is 17.8 Å². The topological polar surface area (TPSA) is 12.0 Å². The summed E-state index contributed by atoms with van der Waals surface area (Å²) < 4.78 is 0. The van der Waals surface area contributed by atoms with Crippen molar-refractivity contribution in [2.24, 2.45) is 0 Å². The summed E-state index contributed by atoms with van der Waals surface area (Å²) in [6.45, 7) is 3.33. The van der Waals surface area contributed by atoms with Crippen LogP contribution in [0.25, 0.3) is 11.1 Å². The standard InChI is InChI=1S/C18H21N/c1-2-6-14-7-3-9-16(13-14)17-11-4-8-15-10-5-12-19-18(15)17/h3-4,7-9,11,13,19H,2,5-6,10,12H2,1H3. The highest BCUT2D eigenvalue weighted by Crippen LogP contribution is 2.34. The summed E-state index contributed by atoms with van der Waals surface area (Å²) in [5, 5.41) is 3.58. The van der Waals surface area contributed by atoms with Crippen molar-refractivity contribution in [1.29, 1.82) is 0 Å². The van der Waals surface area contributed by atoms with Crippen LogP contribution in [0.15, 0.2) is 42.5 Å². The number of nitrogens with one attached hydrogen (secondary N) is 1. The third kappa shape index (κ3) is 2.51. The average Bonchev–Trinajstić information content (AvgIpc) is 2.47. The normalized spacial score (nSPS) is 13.7. The molecular weight excluding hydrogens is 230 g/mol. The van der Waals surface area contributed by atoms with E-state index in [0.29, 0.717) is 0 Å². The summed E-state index contributed by atoms with van der Waals surface area (Å²) in [6.07, 6.45) is 4.81. The number of anilines is 1. The number of fused-ring (bicyclic) bond motifs is 1. The molecule has 0 aromatic heterocycles. The average molecular weight is 251 g/mol. The molecule has 0 saturated carbocycles. The number of aryl methyl sites for hydroxylation is 2. The first-order valence-corrected chi connectivity index (χ1v) is 7.33. The number of para-hydroxylation sites is 1. The third-order valence-electron chi connectivity index (χ3n) is 3.85. The van der Waals surface area contributed by atoms with Crippen LogP contribution in [0, 0.1) is 0 Å². The first-order valence-electron chi connectivity index (χ1n) is 7.33. The molecule has 98 valence electrons. The highest BCUT2D eigenvalue weighted by atomic mass is 14.9. The van der Waals surface area contributed by atoms with Gasteiger partial charge in [-0.25, -0.2) is 0 Å². The second-order valence-electron chi connectivity index (χ2n) is 5.32. The highest BCUT2D eigenvalue weighted by Gasteiger charge is 2.13. The maximum Gasteiger partial charge on any atom is 0.0452 e. The number of hydrogen-bond donors (Lipinski definition) is 1. The smallest absolute Gasteiger partial charge is 0.0452 e. The Balaban J connectivity index is 2.04. The van der Waals surface area contributed by atoms with Crippen molar-refractivity contribution in [2.75, 3.05) is 11.9 Å². The van der Waals surface area contributed by atoms with Gasteiger partial charge in [-0.2, -0.15) is 0 Å². The van der Waals surface area contributed by atoms with Gasteiger partial charge >= 0.3 is 0 Å². The molecule has 1 heteroatoms. The van der Waals surface area contributed by atoms with E-state index in [0.717, 1.165) is 13.0 Å². The second kappa shape index (κ2) is 5.48. The van der Waals surface area contributed by atoms with Gasteiger partial charge in [-0.05, 0) is 36.0 Å². The Morgan fingerprint density at radius 3 is 2.89 bits per heavy atom. The number of rotatable bonds is 3. The summed E-state index contributed by atoms with van der Waals surface area (Å²) in [4.78, 5) is 0. The van der Waals surface area contributed by atoms with Crippen molar-refractivity contribution in [3.8, 4) is 11.1 Å². The molecule has 0 amide bonds. The zero-order chi connectivity index (χ0) is 13.1. The van der Waals surface area contributed by atoms with Gasteiger partial charge in [0.05, 0.1) is 0 Å². The Morgan fingerprint density at radius 2 is 2.00 bits per heavy atom. The van der Waals surface area contributed by atoms with Crippen LogP contribution in [0.4, 0.5) is 5.69 Å². The zero-order valence-electron chi connectivity index (χ0n) is 11.6. The number of hydrogen-bond acceptors (Lipinski definition) is 1. The van der Waals surface area contributed by atoms with Crippen molar-refractivity contribution >= 4 is 5.69 Å². The lowest BCUT2D eigenvalue weighted by Crippen LogP contribution is -2.12. The van der Waals surface area contributed by atoms with Gasteiger partial charge < -0.3 is 5.32 Å². The molecule has 1 aliphatic rings. The van der Waals surface area contributed by atoms with E-state index < -0.39 is 0 Å². The minimum absolute atomic E-state index is 1.10. The molecule has 0 unspecified atom stereocenters. The van der Waals surface area contributed by atoms with Gasteiger partial charge in [-0.15, -0.1) is 0 Å². The van der Waals surface area contributed by atoms with Crippen molar-refractivity contribution in [3.05, 3.63) is 53.6 Å². The quantitative estimate of drug-likeness (QED) is 0.836. The fourth-order valence-electron chi connectivity index (χ4n) is 2.93. The van der Waals surface area contributed by atoms with E-state index in [9.17, 15) is 0 Å². The molecule has 0 radical (unpaired) electrons. The van der Waals surface area contributed by atoms with Crippen LogP contribution in [0.1, 0.15) is 30.9 Å². The summed E-state index contributed by atoms with van der Waals surface area (Å²) in [5.41, 5.74) is 6.95. The highest BCUT2D eigenvalue weighted by molar-refractivity contribution is 5.81. The fourth-order valence-corrected chi connectivity index (χ4v) is 2.93. The van der Waals surface area contributed by atoms with Gasteiger partial charge in [0.1, 0.15) is 0 Å². The molecule has 0 spiro atoms. The Morgan fingerprint density at radius 1 is 1.11 bits per heavy atom. The van der Waals surface area contributed by atoms with Crippen LogP contribution < -0.4 is 5.32 Å². The lowest BCUT2D eigenvalue weighted by molar-refractivity contribution is 0.831. The molecule has 0 aliphatic carbocycles. The van der Waals surface area contributed by atoms with Gasteiger partial charge in [0.25, 0.3) is 0 Å². The van der Waals surface area contributed by atoms with Crippen molar-refractivity contribution in [2.45, 2.75) is 32.6 Å². The van der Waals surface area contributed by atoms with E-state index in [4.69, 9.17) is 0 Å². The van der Waals surface area contributed by atoms with Crippen LogP contribution in [0.5, 0.6) is 0 Å². The molecule has 1 nitrogen and oxygen atoms in total. The third-order valence-corrected chi connectivity index (χ3v) is 3.85. The van der Waals surface area contributed by atoms with Gasteiger partial charge in [0.15, 0.2) is 0 Å². The SMILES string of the molecule is CCCc1cccc(-c2cccc3c2NCCC3)c1. The first kappa shape index (κ1) is 12.3. The van der Waals surface area contributed by atoms with Crippen molar-refractivity contribution in [3.63, 3.8) is 0 Å². The molecule has 0 saturated heterocycles. The maximum absolute atomic E-state index is 3.58. The largest absolute Gasteiger partial charge is 0.384 e. The molecule has 0 atom stereocenters. The molecule has 1 aliphatic heterocycles. The summed E-state index contributed by atoms with van der Waals surface area (Å²) in [5.74, 6) is 0. The van der Waals surface area contributed by atoms with Crippen molar-refractivity contribution in [1.82, 2.24) is 0 Å². The summed E-state index contributed by atoms with van der Waals surface area (Å²) >= 11 is 0. The lowest BCUT2D eigenvalue weighted by Gasteiger charge is -2.21. The molecule has 0 bridgehead atoms. The maximum atomic E-state index is 3.58. The molecule has 1 N–H and O–H groups in total. The van der Waals surface area contributed by atoms with E-state index in [1.54, 1.807) is 0 Å². The van der Waals surface area contributed by atoms with E-state index in [-0.39, 0.29) is 0 Å². The van der Waals surface area contributed by atoms with Crippen LogP contribution in [-0.4, -0.2) is 6.54 Å². The molecule has 1 heterocycles. The fraction of sp³-hybridized carbons (Fsp3) is 0.333. The van der Waals surface area contributed by atoms with Crippen LogP contribution in [0.2, 0.25) is 0 Å².